The number of carbonyl (C=O) groups excluding carboxylic acids is 2. The van der Waals surface area contributed by atoms with Crippen LogP contribution in [0.2, 0.25) is 10.0 Å². The predicted molar refractivity (Wildman–Crippen MR) is 145 cm³/mol. The SMILES string of the molecule is O=C(CSc1nnc(-c2ccccc2)o1)NC1(C(=O)O)C(=O)N2C=C(CNc3c(Cl)cccc3Cl)CS[C@H]21. The normalized spacial score (nSPS) is 20.3. The lowest BCUT2D eigenvalue weighted by Crippen LogP contribution is -2.82. The average Bonchev–Trinajstić information content (AvgIpc) is 3.39. The number of nitrogens with one attached hydrogen (secondary N) is 2. The van der Waals surface area contributed by atoms with Crippen molar-refractivity contribution in [2.24, 2.45) is 0 Å². The summed E-state index contributed by atoms with van der Waals surface area (Å²) in [6, 6.07) is 14.3. The summed E-state index contributed by atoms with van der Waals surface area (Å²) in [5.74, 6) is -2.26. The second kappa shape index (κ2) is 10.9. The first kappa shape index (κ1) is 26.4. The van der Waals surface area contributed by atoms with Crippen LogP contribution >= 0.6 is 46.7 Å². The molecule has 3 heterocycles. The lowest BCUT2D eigenvalue weighted by Gasteiger charge is -2.53. The fourth-order valence-electron chi connectivity index (χ4n) is 3.99. The van der Waals surface area contributed by atoms with Crippen LogP contribution < -0.4 is 10.6 Å². The van der Waals surface area contributed by atoms with E-state index in [9.17, 15) is 19.5 Å². The number of amides is 2. The first-order valence-electron chi connectivity index (χ1n) is 11.2. The number of carbonyl (C=O) groups is 3. The zero-order valence-electron chi connectivity index (χ0n) is 19.4. The lowest BCUT2D eigenvalue weighted by molar-refractivity contribution is -0.169. The van der Waals surface area contributed by atoms with Crippen molar-refractivity contribution in [2.75, 3.05) is 23.4 Å². The molecule has 3 aromatic rings. The summed E-state index contributed by atoms with van der Waals surface area (Å²) in [6.45, 7) is 0.352. The minimum Gasteiger partial charge on any atom is -0.479 e. The van der Waals surface area contributed by atoms with E-state index >= 15 is 0 Å². The molecule has 2 amide bonds. The first-order valence-corrected chi connectivity index (χ1v) is 14.0. The summed E-state index contributed by atoms with van der Waals surface area (Å²) in [5.41, 5.74) is 0.0734. The van der Waals surface area contributed by atoms with Crippen LogP contribution in [0, 0.1) is 0 Å². The summed E-state index contributed by atoms with van der Waals surface area (Å²) in [5, 5.41) is 23.7. The van der Waals surface area contributed by atoms with E-state index in [1.54, 1.807) is 24.4 Å². The van der Waals surface area contributed by atoms with Crippen LogP contribution in [0.3, 0.4) is 0 Å². The number of aliphatic carboxylic acids is 1. The number of para-hydroxylation sites is 1. The van der Waals surface area contributed by atoms with Crippen molar-refractivity contribution in [1.29, 1.82) is 0 Å². The summed E-state index contributed by atoms with van der Waals surface area (Å²) >= 11 is 14.6. The molecule has 0 saturated carbocycles. The van der Waals surface area contributed by atoms with Gasteiger partial charge < -0.3 is 25.1 Å². The molecular weight excluding hydrogens is 573 g/mol. The molecule has 0 bridgehead atoms. The quantitative estimate of drug-likeness (QED) is 0.190. The Bertz CT molecular complexity index is 1420. The van der Waals surface area contributed by atoms with Crippen molar-refractivity contribution in [1.82, 2.24) is 20.4 Å². The van der Waals surface area contributed by atoms with Crippen LogP contribution in [-0.2, 0) is 14.4 Å². The molecule has 0 aliphatic carbocycles. The second-order valence-corrected chi connectivity index (χ2v) is 11.1. The number of β-lactam (4-membered cyclic amide) rings is 1. The maximum atomic E-state index is 13.0. The molecule has 10 nitrogen and oxygen atoms in total. The minimum absolute atomic E-state index is 0.149. The Kier molecular flexibility index (Phi) is 7.57. The number of nitrogens with zero attached hydrogens (tertiary/aromatic N) is 3. The molecule has 1 aromatic heterocycles. The van der Waals surface area contributed by atoms with E-state index in [1.807, 2.05) is 30.3 Å². The molecule has 38 heavy (non-hydrogen) atoms. The van der Waals surface area contributed by atoms with Gasteiger partial charge in [0.25, 0.3) is 11.1 Å². The summed E-state index contributed by atoms with van der Waals surface area (Å²) in [4.78, 5) is 39.3. The molecule has 2 aliphatic rings. The van der Waals surface area contributed by atoms with E-state index in [1.165, 1.54) is 16.7 Å². The molecule has 196 valence electrons. The van der Waals surface area contributed by atoms with Gasteiger partial charge in [-0.1, -0.05) is 59.2 Å². The van der Waals surface area contributed by atoms with Crippen molar-refractivity contribution < 1.29 is 23.9 Å². The van der Waals surface area contributed by atoms with Gasteiger partial charge >= 0.3 is 5.97 Å². The number of halogens is 2. The van der Waals surface area contributed by atoms with Gasteiger partial charge in [-0.15, -0.1) is 22.0 Å². The molecule has 0 spiro atoms. The number of thioether (sulfide) groups is 2. The maximum Gasteiger partial charge on any atom is 0.342 e. The number of benzene rings is 2. The van der Waals surface area contributed by atoms with E-state index in [0.29, 0.717) is 33.9 Å². The van der Waals surface area contributed by atoms with Crippen LogP contribution in [0.5, 0.6) is 0 Å². The molecule has 1 fully saturated rings. The number of carboxylic acid groups (broad SMARTS) is 1. The molecular formula is C24H19Cl2N5O5S2. The largest absolute Gasteiger partial charge is 0.479 e. The van der Waals surface area contributed by atoms with E-state index < -0.39 is 28.7 Å². The van der Waals surface area contributed by atoms with Crippen molar-refractivity contribution >= 4 is 70.2 Å². The Morgan fingerprint density at radius 3 is 2.61 bits per heavy atom. The minimum atomic E-state index is -2.06. The molecule has 0 radical (unpaired) electrons. The number of carboxylic acids is 1. The standard InChI is InChI=1S/C24H19Cl2N5O5S2/c25-15-7-4-8-16(26)18(15)27-9-13-10-31-20(33)24(22(34)35,21(31)37-11-13)28-17(32)12-38-23-30-29-19(36-23)14-5-2-1-3-6-14/h1-8,10,21,27H,9,11-12H2,(H,28,32)(H,34,35)/t21-,24?/m0/s1. The van der Waals surface area contributed by atoms with Gasteiger partial charge in [0.05, 0.1) is 21.5 Å². The fraction of sp³-hybridized carbons (Fsp3) is 0.208. The highest BCUT2D eigenvalue weighted by atomic mass is 35.5. The molecule has 2 aromatic carbocycles. The van der Waals surface area contributed by atoms with Crippen LogP contribution in [0.1, 0.15) is 0 Å². The molecule has 1 saturated heterocycles. The number of hydrogen-bond donors (Lipinski definition) is 3. The van der Waals surface area contributed by atoms with Crippen molar-refractivity contribution in [3.63, 3.8) is 0 Å². The zero-order chi connectivity index (χ0) is 26.9. The molecule has 5 rings (SSSR count). The van der Waals surface area contributed by atoms with Crippen LogP contribution in [0.4, 0.5) is 5.69 Å². The van der Waals surface area contributed by atoms with Gasteiger partial charge in [-0.25, -0.2) is 4.79 Å². The summed E-state index contributed by atoms with van der Waals surface area (Å²) in [6.07, 6.45) is 1.60. The van der Waals surface area contributed by atoms with Crippen LogP contribution in [0.25, 0.3) is 11.5 Å². The zero-order valence-corrected chi connectivity index (χ0v) is 22.5. The molecule has 3 N–H and O–H groups in total. The lowest BCUT2D eigenvalue weighted by atomic mass is 9.87. The molecule has 2 atom stereocenters. The smallest absolute Gasteiger partial charge is 0.342 e. The van der Waals surface area contributed by atoms with E-state index in [4.69, 9.17) is 27.6 Å². The molecule has 14 heteroatoms. The van der Waals surface area contributed by atoms with Crippen LogP contribution in [-0.4, -0.2) is 67.0 Å². The predicted octanol–water partition coefficient (Wildman–Crippen LogP) is 3.99. The highest BCUT2D eigenvalue weighted by Crippen LogP contribution is 2.43. The third kappa shape index (κ3) is 4.96. The van der Waals surface area contributed by atoms with Gasteiger partial charge in [-0.3, -0.25) is 9.59 Å². The van der Waals surface area contributed by atoms with Crippen molar-refractivity contribution in [3.8, 4) is 11.5 Å². The maximum absolute atomic E-state index is 13.0. The Balaban J connectivity index is 1.21. The highest BCUT2D eigenvalue weighted by molar-refractivity contribution is 8.00. The highest BCUT2D eigenvalue weighted by Gasteiger charge is 2.68. The first-order chi connectivity index (χ1) is 18.3. The molecule has 1 unspecified atom stereocenters. The Morgan fingerprint density at radius 2 is 1.89 bits per heavy atom. The Hall–Kier alpha value is -3.19. The van der Waals surface area contributed by atoms with Gasteiger partial charge in [-0.2, -0.15) is 0 Å². The topological polar surface area (TPSA) is 138 Å². The number of anilines is 1. The second-order valence-electron chi connectivity index (χ2n) is 8.30. The average molecular weight is 592 g/mol. The monoisotopic (exact) mass is 591 g/mol. The third-order valence-corrected chi connectivity index (χ3v) is 8.71. The van der Waals surface area contributed by atoms with E-state index in [0.717, 1.165) is 22.9 Å². The summed E-state index contributed by atoms with van der Waals surface area (Å²) in [7, 11) is 0. The van der Waals surface area contributed by atoms with Gasteiger partial charge in [0.15, 0.2) is 0 Å². The number of fused-ring (bicyclic) bond motifs is 1. The number of aromatic nitrogens is 2. The van der Waals surface area contributed by atoms with Gasteiger partial charge in [0.1, 0.15) is 5.37 Å². The van der Waals surface area contributed by atoms with Crippen LogP contribution in [0.15, 0.2) is 69.9 Å². The Morgan fingerprint density at radius 1 is 1.16 bits per heavy atom. The Labute approximate surface area is 235 Å². The van der Waals surface area contributed by atoms with E-state index in [2.05, 4.69) is 20.8 Å². The fourth-order valence-corrected chi connectivity index (χ4v) is 6.46. The summed E-state index contributed by atoms with van der Waals surface area (Å²) < 4.78 is 5.56. The van der Waals surface area contributed by atoms with Gasteiger partial charge in [0.2, 0.25) is 17.3 Å². The third-order valence-electron chi connectivity index (χ3n) is 5.83. The number of rotatable bonds is 9. The van der Waals surface area contributed by atoms with E-state index in [-0.39, 0.29) is 11.0 Å². The van der Waals surface area contributed by atoms with Gasteiger partial charge in [-0.05, 0) is 29.8 Å². The molecule has 2 aliphatic heterocycles. The van der Waals surface area contributed by atoms with Crippen molar-refractivity contribution in [2.45, 2.75) is 16.1 Å². The van der Waals surface area contributed by atoms with Crippen molar-refractivity contribution in [3.05, 3.63) is 70.3 Å². The van der Waals surface area contributed by atoms with Gasteiger partial charge in [0, 0.05) is 24.1 Å². The number of hydrogen-bond acceptors (Lipinski definition) is 9.